The molecule has 2 rings (SSSR count). The highest BCUT2D eigenvalue weighted by atomic mass is 16.5. The summed E-state index contributed by atoms with van der Waals surface area (Å²) in [5.41, 5.74) is 0. The molecule has 2 atom stereocenters. The van der Waals surface area contributed by atoms with Gasteiger partial charge in [-0.25, -0.2) is 0 Å². The lowest BCUT2D eigenvalue weighted by atomic mass is 10.2. The van der Waals surface area contributed by atoms with Crippen LogP contribution in [0.1, 0.15) is 24.2 Å². The summed E-state index contributed by atoms with van der Waals surface area (Å²) in [7, 11) is 3.90. The van der Waals surface area contributed by atoms with Gasteiger partial charge in [-0.2, -0.15) is 4.98 Å². The fourth-order valence-electron chi connectivity index (χ4n) is 1.66. The van der Waals surface area contributed by atoms with E-state index < -0.39 is 0 Å². The lowest BCUT2D eigenvalue weighted by Crippen LogP contribution is -2.15. The van der Waals surface area contributed by atoms with Gasteiger partial charge < -0.3 is 19.8 Å². The molecule has 0 saturated carbocycles. The molecule has 0 spiro atoms. The van der Waals surface area contributed by atoms with Crippen LogP contribution in [0.25, 0.3) is 0 Å². The van der Waals surface area contributed by atoms with E-state index in [0.29, 0.717) is 31.2 Å². The van der Waals surface area contributed by atoms with E-state index in [-0.39, 0.29) is 12.1 Å². The molecule has 6 heteroatoms. The maximum Gasteiger partial charge on any atom is 0.243 e. The zero-order chi connectivity index (χ0) is 10.8. The van der Waals surface area contributed by atoms with Crippen molar-refractivity contribution in [2.24, 2.45) is 0 Å². The Morgan fingerprint density at radius 1 is 1.60 bits per heavy atom. The Balaban J connectivity index is 2.00. The number of rotatable bonds is 3. The Kier molecular flexibility index (Phi) is 2.99. The second-order valence-corrected chi connectivity index (χ2v) is 4.14. The van der Waals surface area contributed by atoms with Crippen molar-refractivity contribution in [1.29, 1.82) is 0 Å². The van der Waals surface area contributed by atoms with Gasteiger partial charge in [0.05, 0.1) is 18.7 Å². The van der Waals surface area contributed by atoms with Crippen LogP contribution in [-0.2, 0) is 6.54 Å². The largest absolute Gasteiger partial charge is 0.392 e. The summed E-state index contributed by atoms with van der Waals surface area (Å²) in [5.74, 6) is 1.25. The van der Waals surface area contributed by atoms with E-state index in [2.05, 4.69) is 15.5 Å². The molecule has 0 amide bonds. The van der Waals surface area contributed by atoms with Crippen molar-refractivity contribution in [3.63, 3.8) is 0 Å². The Morgan fingerprint density at radius 3 is 3.00 bits per heavy atom. The van der Waals surface area contributed by atoms with E-state index in [0.717, 1.165) is 0 Å². The summed E-state index contributed by atoms with van der Waals surface area (Å²) < 4.78 is 5.14. The van der Waals surface area contributed by atoms with Crippen molar-refractivity contribution in [2.75, 3.05) is 20.6 Å². The van der Waals surface area contributed by atoms with E-state index in [1.165, 1.54) is 0 Å². The van der Waals surface area contributed by atoms with Crippen LogP contribution in [0.15, 0.2) is 4.52 Å². The third-order valence-corrected chi connectivity index (χ3v) is 2.35. The first-order chi connectivity index (χ1) is 7.15. The van der Waals surface area contributed by atoms with Gasteiger partial charge in [-0.3, -0.25) is 0 Å². The number of nitrogens with one attached hydrogen (secondary N) is 1. The lowest BCUT2D eigenvalue weighted by molar-refractivity contribution is 0.191. The standard InChI is InChI=1S/C9H16N4O2/c1-13(2)5-8-11-9(15-12-8)7-3-6(14)4-10-7/h6-7,10,14H,3-5H2,1-2H3/t6?,7-/m0/s1. The molecule has 2 heterocycles. The minimum absolute atomic E-state index is 0.00316. The number of aliphatic hydroxyl groups excluding tert-OH is 1. The van der Waals surface area contributed by atoms with Gasteiger partial charge in [0.15, 0.2) is 5.82 Å². The minimum atomic E-state index is -0.306. The van der Waals surface area contributed by atoms with Crippen molar-refractivity contribution in [1.82, 2.24) is 20.4 Å². The van der Waals surface area contributed by atoms with Gasteiger partial charge >= 0.3 is 0 Å². The van der Waals surface area contributed by atoms with Crippen LogP contribution in [-0.4, -0.2) is 46.9 Å². The quantitative estimate of drug-likeness (QED) is 0.705. The van der Waals surface area contributed by atoms with E-state index >= 15 is 0 Å². The Bertz CT molecular complexity index is 326. The van der Waals surface area contributed by atoms with E-state index in [9.17, 15) is 5.11 Å². The lowest BCUT2D eigenvalue weighted by Gasteiger charge is -2.04. The molecule has 1 saturated heterocycles. The van der Waals surface area contributed by atoms with Crippen LogP contribution in [0, 0.1) is 0 Å². The van der Waals surface area contributed by atoms with Crippen molar-refractivity contribution in [3.8, 4) is 0 Å². The van der Waals surface area contributed by atoms with Gasteiger partial charge in [-0.05, 0) is 20.5 Å². The topological polar surface area (TPSA) is 74.4 Å². The van der Waals surface area contributed by atoms with Crippen LogP contribution < -0.4 is 5.32 Å². The van der Waals surface area contributed by atoms with Crippen LogP contribution in [0.2, 0.25) is 0 Å². The fraction of sp³-hybridized carbons (Fsp3) is 0.778. The molecule has 0 aliphatic carbocycles. The third-order valence-electron chi connectivity index (χ3n) is 2.35. The molecular formula is C9H16N4O2. The van der Waals surface area contributed by atoms with Crippen LogP contribution in [0.5, 0.6) is 0 Å². The summed E-state index contributed by atoms with van der Waals surface area (Å²) >= 11 is 0. The molecule has 0 bridgehead atoms. The first kappa shape index (κ1) is 10.5. The molecule has 1 aliphatic rings. The summed E-state index contributed by atoms with van der Waals surface area (Å²) in [6, 6.07) is 0.00316. The molecular weight excluding hydrogens is 196 g/mol. The summed E-state index contributed by atoms with van der Waals surface area (Å²) in [5, 5.41) is 16.4. The predicted molar refractivity (Wildman–Crippen MR) is 53.1 cm³/mol. The highest BCUT2D eigenvalue weighted by molar-refractivity contribution is 4.97. The number of aliphatic hydroxyl groups is 1. The van der Waals surface area contributed by atoms with Crippen LogP contribution in [0.3, 0.4) is 0 Å². The monoisotopic (exact) mass is 212 g/mol. The number of nitrogens with zero attached hydrogens (tertiary/aromatic N) is 3. The number of hydrogen-bond donors (Lipinski definition) is 2. The average Bonchev–Trinajstić information content (AvgIpc) is 2.72. The zero-order valence-electron chi connectivity index (χ0n) is 8.97. The first-order valence-corrected chi connectivity index (χ1v) is 5.04. The zero-order valence-corrected chi connectivity index (χ0v) is 8.97. The van der Waals surface area contributed by atoms with E-state index in [4.69, 9.17) is 4.52 Å². The molecule has 1 aromatic rings. The van der Waals surface area contributed by atoms with E-state index in [1.54, 1.807) is 0 Å². The van der Waals surface area contributed by atoms with Gasteiger partial charge in [0, 0.05) is 6.54 Å². The molecule has 15 heavy (non-hydrogen) atoms. The SMILES string of the molecule is CN(C)Cc1noc([C@@H]2CC(O)CN2)n1. The van der Waals surface area contributed by atoms with Crippen molar-refractivity contribution in [3.05, 3.63) is 11.7 Å². The molecule has 2 N–H and O–H groups in total. The third kappa shape index (κ3) is 2.53. The summed E-state index contributed by atoms with van der Waals surface area (Å²) in [6.07, 6.45) is 0.336. The molecule has 1 aliphatic heterocycles. The van der Waals surface area contributed by atoms with Crippen LogP contribution >= 0.6 is 0 Å². The molecule has 0 radical (unpaired) electrons. The highest BCUT2D eigenvalue weighted by Crippen LogP contribution is 2.21. The number of β-amino-alcohol motifs (C(OH)–C–C–N with tert-alkyl or cyclic N) is 1. The van der Waals surface area contributed by atoms with Crippen molar-refractivity contribution in [2.45, 2.75) is 25.1 Å². The van der Waals surface area contributed by atoms with Gasteiger partial charge in [-0.1, -0.05) is 5.16 Å². The molecule has 1 aromatic heterocycles. The Labute approximate surface area is 88.3 Å². The molecule has 1 fully saturated rings. The smallest absolute Gasteiger partial charge is 0.243 e. The second kappa shape index (κ2) is 4.26. The number of aromatic nitrogens is 2. The molecule has 6 nitrogen and oxygen atoms in total. The van der Waals surface area contributed by atoms with Crippen molar-refractivity contribution < 1.29 is 9.63 Å². The van der Waals surface area contributed by atoms with Gasteiger partial charge in [-0.15, -0.1) is 0 Å². The average molecular weight is 212 g/mol. The summed E-state index contributed by atoms with van der Waals surface area (Å²) in [4.78, 5) is 6.25. The predicted octanol–water partition coefficient (Wildman–Crippen LogP) is -0.474. The fourth-order valence-corrected chi connectivity index (χ4v) is 1.66. The molecule has 0 aromatic carbocycles. The normalized spacial score (nSPS) is 26.4. The van der Waals surface area contributed by atoms with Gasteiger partial charge in [0.1, 0.15) is 0 Å². The van der Waals surface area contributed by atoms with Crippen molar-refractivity contribution >= 4 is 0 Å². The maximum absolute atomic E-state index is 9.35. The van der Waals surface area contributed by atoms with Crippen LogP contribution in [0.4, 0.5) is 0 Å². The van der Waals surface area contributed by atoms with Gasteiger partial charge in [0.25, 0.3) is 0 Å². The van der Waals surface area contributed by atoms with Gasteiger partial charge in [0.2, 0.25) is 5.89 Å². The second-order valence-electron chi connectivity index (χ2n) is 4.14. The molecule has 84 valence electrons. The Morgan fingerprint density at radius 2 is 2.40 bits per heavy atom. The number of hydrogen-bond acceptors (Lipinski definition) is 6. The van der Waals surface area contributed by atoms with E-state index in [1.807, 2.05) is 19.0 Å². The Hall–Kier alpha value is -0.980. The molecule has 1 unspecified atom stereocenters. The minimum Gasteiger partial charge on any atom is -0.392 e. The maximum atomic E-state index is 9.35. The highest BCUT2D eigenvalue weighted by Gasteiger charge is 2.27. The first-order valence-electron chi connectivity index (χ1n) is 5.04. The summed E-state index contributed by atoms with van der Waals surface area (Å²) in [6.45, 7) is 1.26.